The van der Waals surface area contributed by atoms with Crippen LogP contribution in [-0.4, -0.2) is 33.6 Å². The fourth-order valence-electron chi connectivity index (χ4n) is 3.36. The number of fused-ring (bicyclic) bond motifs is 1. The number of rotatable bonds is 1. The number of hydrogen-bond acceptors (Lipinski definition) is 5. The van der Waals surface area contributed by atoms with Crippen molar-refractivity contribution in [2.75, 3.05) is 18.4 Å². The van der Waals surface area contributed by atoms with Gasteiger partial charge in [-0.2, -0.15) is 0 Å². The monoisotopic (exact) mass is 281 g/mol. The molecule has 1 atom stereocenters. The van der Waals surface area contributed by atoms with Gasteiger partial charge >= 0.3 is 0 Å². The maximum Gasteiger partial charge on any atom is 0.160 e. The molecule has 1 saturated heterocycles. The normalized spacial score (nSPS) is 23.9. The molecule has 0 bridgehead atoms. The van der Waals surface area contributed by atoms with Crippen molar-refractivity contribution in [1.29, 1.82) is 0 Å². The highest BCUT2D eigenvalue weighted by molar-refractivity contribution is 5.64. The van der Waals surface area contributed by atoms with Crippen molar-refractivity contribution in [3.05, 3.63) is 35.8 Å². The lowest BCUT2D eigenvalue weighted by atomic mass is 9.86. The molecule has 0 amide bonds. The van der Waals surface area contributed by atoms with Crippen LogP contribution in [0.4, 0.5) is 5.82 Å². The smallest absolute Gasteiger partial charge is 0.160 e. The number of hydrogen-bond donors (Lipinski definition) is 2. The van der Waals surface area contributed by atoms with Crippen molar-refractivity contribution < 1.29 is 0 Å². The van der Waals surface area contributed by atoms with Gasteiger partial charge < -0.3 is 10.6 Å². The van der Waals surface area contributed by atoms with Crippen molar-refractivity contribution in [2.24, 2.45) is 0 Å². The third kappa shape index (κ3) is 2.17. The Kier molecular flexibility index (Phi) is 2.89. The van der Waals surface area contributed by atoms with E-state index in [9.17, 15) is 0 Å². The number of aromatic nitrogens is 3. The maximum atomic E-state index is 4.79. The molecular formula is C16H19N5. The molecule has 0 radical (unpaired) electrons. The van der Waals surface area contributed by atoms with Crippen LogP contribution in [0.15, 0.2) is 24.5 Å². The van der Waals surface area contributed by atoms with E-state index in [0.717, 1.165) is 48.8 Å². The number of nitrogens with zero attached hydrogens (tertiary/aromatic N) is 3. The van der Waals surface area contributed by atoms with Crippen molar-refractivity contribution in [3.8, 4) is 11.4 Å². The lowest BCUT2D eigenvalue weighted by molar-refractivity contribution is 0.454. The van der Waals surface area contributed by atoms with Gasteiger partial charge in [0.25, 0.3) is 0 Å². The molecule has 2 aliphatic heterocycles. The number of pyridine rings is 1. The Hall–Kier alpha value is -2.01. The van der Waals surface area contributed by atoms with Crippen molar-refractivity contribution in [1.82, 2.24) is 20.3 Å². The SMILES string of the molecule is Cc1nc2c(cc1-c1ncccn1)CCC1(CCNC1)N2. The van der Waals surface area contributed by atoms with Crippen LogP contribution in [0.3, 0.4) is 0 Å². The lowest BCUT2D eigenvalue weighted by Crippen LogP contribution is -2.44. The van der Waals surface area contributed by atoms with Gasteiger partial charge in [0.1, 0.15) is 5.82 Å². The largest absolute Gasteiger partial charge is 0.363 e. The third-order valence-corrected chi connectivity index (χ3v) is 4.60. The van der Waals surface area contributed by atoms with Crippen LogP contribution in [0.25, 0.3) is 11.4 Å². The minimum atomic E-state index is 0.206. The standard InChI is InChI=1S/C16H19N5/c1-11-13(15-18-6-2-7-19-15)9-12-3-4-16(5-8-17-10-16)21-14(12)20-11/h2,6-7,9,17H,3-5,8,10H2,1H3,(H,20,21). The van der Waals surface area contributed by atoms with Crippen molar-refractivity contribution in [2.45, 2.75) is 31.7 Å². The van der Waals surface area contributed by atoms with Gasteiger partial charge in [0.2, 0.25) is 0 Å². The summed E-state index contributed by atoms with van der Waals surface area (Å²) in [6.45, 7) is 4.16. The van der Waals surface area contributed by atoms with Gasteiger partial charge in [0.05, 0.1) is 11.2 Å². The first-order valence-corrected chi connectivity index (χ1v) is 7.53. The predicted octanol–water partition coefficient (Wildman–Crippen LogP) is 1.94. The highest BCUT2D eigenvalue weighted by Gasteiger charge is 2.37. The quantitative estimate of drug-likeness (QED) is 0.836. The second-order valence-corrected chi connectivity index (χ2v) is 6.03. The zero-order valence-electron chi connectivity index (χ0n) is 12.2. The van der Waals surface area contributed by atoms with Crippen LogP contribution in [0.1, 0.15) is 24.1 Å². The Labute approximate surface area is 124 Å². The average molecular weight is 281 g/mol. The molecule has 21 heavy (non-hydrogen) atoms. The van der Waals surface area contributed by atoms with E-state index >= 15 is 0 Å². The van der Waals surface area contributed by atoms with E-state index < -0.39 is 0 Å². The Morgan fingerprint density at radius 2 is 2.05 bits per heavy atom. The molecule has 1 fully saturated rings. The fourth-order valence-corrected chi connectivity index (χ4v) is 3.36. The summed E-state index contributed by atoms with van der Waals surface area (Å²) in [5.74, 6) is 1.80. The van der Waals surface area contributed by atoms with Crippen LogP contribution in [-0.2, 0) is 6.42 Å². The molecule has 0 aromatic carbocycles. The minimum absolute atomic E-state index is 0.206. The van der Waals surface area contributed by atoms with E-state index in [0.29, 0.717) is 0 Å². The van der Waals surface area contributed by atoms with E-state index in [4.69, 9.17) is 4.98 Å². The van der Waals surface area contributed by atoms with Gasteiger partial charge in [0, 0.05) is 24.5 Å². The molecule has 2 N–H and O–H groups in total. The lowest BCUT2D eigenvalue weighted by Gasteiger charge is -2.35. The molecule has 108 valence electrons. The van der Waals surface area contributed by atoms with Gasteiger partial charge in [-0.25, -0.2) is 15.0 Å². The molecule has 5 heteroatoms. The summed E-state index contributed by atoms with van der Waals surface area (Å²) in [6, 6.07) is 4.04. The Morgan fingerprint density at radius 3 is 2.81 bits per heavy atom. The van der Waals surface area contributed by atoms with Gasteiger partial charge in [0.15, 0.2) is 5.82 Å². The Bertz CT molecular complexity index is 662. The topological polar surface area (TPSA) is 62.7 Å². The zero-order chi connectivity index (χ0) is 14.3. The first-order valence-electron chi connectivity index (χ1n) is 7.53. The van der Waals surface area contributed by atoms with Gasteiger partial charge in [-0.1, -0.05) is 0 Å². The van der Waals surface area contributed by atoms with E-state index in [2.05, 4.69) is 26.7 Å². The van der Waals surface area contributed by atoms with Crippen LogP contribution < -0.4 is 10.6 Å². The molecule has 2 aliphatic rings. The number of nitrogens with one attached hydrogen (secondary N) is 2. The summed E-state index contributed by atoms with van der Waals surface area (Å²) in [7, 11) is 0. The summed E-state index contributed by atoms with van der Waals surface area (Å²) >= 11 is 0. The first kappa shape index (κ1) is 12.7. The fraction of sp³-hybridized carbons (Fsp3) is 0.438. The van der Waals surface area contributed by atoms with Crippen molar-refractivity contribution >= 4 is 5.82 Å². The van der Waals surface area contributed by atoms with Gasteiger partial charge in [-0.15, -0.1) is 0 Å². The molecule has 4 rings (SSSR count). The molecular weight excluding hydrogens is 262 g/mol. The second-order valence-electron chi connectivity index (χ2n) is 6.03. The van der Waals surface area contributed by atoms with Gasteiger partial charge in [-0.05, 0) is 50.4 Å². The number of aryl methyl sites for hydroxylation is 2. The molecule has 2 aromatic heterocycles. The number of anilines is 1. The van der Waals surface area contributed by atoms with Crippen LogP contribution >= 0.6 is 0 Å². The van der Waals surface area contributed by atoms with Crippen LogP contribution in [0.5, 0.6) is 0 Å². The van der Waals surface area contributed by atoms with Crippen molar-refractivity contribution in [3.63, 3.8) is 0 Å². The summed E-state index contributed by atoms with van der Waals surface area (Å²) < 4.78 is 0. The first-order chi connectivity index (χ1) is 10.3. The maximum absolute atomic E-state index is 4.79. The molecule has 1 unspecified atom stereocenters. The van der Waals surface area contributed by atoms with E-state index in [1.54, 1.807) is 12.4 Å². The predicted molar refractivity (Wildman–Crippen MR) is 82.2 cm³/mol. The summed E-state index contributed by atoms with van der Waals surface area (Å²) in [4.78, 5) is 13.5. The molecule has 1 spiro atoms. The second kappa shape index (κ2) is 4.77. The van der Waals surface area contributed by atoms with E-state index in [1.807, 2.05) is 13.0 Å². The summed E-state index contributed by atoms with van der Waals surface area (Å²) in [6.07, 6.45) is 6.96. The summed E-state index contributed by atoms with van der Waals surface area (Å²) in [5.41, 5.74) is 3.50. The Balaban J connectivity index is 1.73. The molecule has 5 nitrogen and oxygen atoms in total. The van der Waals surface area contributed by atoms with Gasteiger partial charge in [-0.3, -0.25) is 0 Å². The molecule has 2 aromatic rings. The third-order valence-electron chi connectivity index (χ3n) is 4.60. The summed E-state index contributed by atoms with van der Waals surface area (Å²) in [5, 5.41) is 7.13. The highest BCUT2D eigenvalue weighted by Crippen LogP contribution is 2.35. The molecule has 0 aliphatic carbocycles. The van der Waals surface area contributed by atoms with Crippen LogP contribution in [0.2, 0.25) is 0 Å². The van der Waals surface area contributed by atoms with E-state index in [-0.39, 0.29) is 5.54 Å². The molecule has 0 saturated carbocycles. The molecule has 4 heterocycles. The average Bonchev–Trinajstić information content (AvgIpc) is 2.95. The van der Waals surface area contributed by atoms with E-state index in [1.165, 1.54) is 12.0 Å². The zero-order valence-corrected chi connectivity index (χ0v) is 12.2. The Morgan fingerprint density at radius 1 is 1.19 bits per heavy atom. The van der Waals surface area contributed by atoms with Crippen LogP contribution in [0, 0.1) is 6.92 Å². The highest BCUT2D eigenvalue weighted by atomic mass is 15.1. The minimum Gasteiger partial charge on any atom is -0.363 e.